The third-order valence-electron chi connectivity index (χ3n) is 7.50. The lowest BCUT2D eigenvalue weighted by molar-refractivity contribution is -0.198. The van der Waals surface area contributed by atoms with E-state index in [9.17, 15) is 23.1 Å². The van der Waals surface area contributed by atoms with Gasteiger partial charge in [-0.3, -0.25) is 4.79 Å². The number of carboxylic acids is 1. The summed E-state index contributed by atoms with van der Waals surface area (Å²) < 4.78 is 54.2. The van der Waals surface area contributed by atoms with Gasteiger partial charge in [-0.1, -0.05) is 29.8 Å². The average molecular weight is 601 g/mol. The van der Waals surface area contributed by atoms with E-state index in [1.165, 1.54) is 24.3 Å². The van der Waals surface area contributed by atoms with E-state index in [1.807, 2.05) is 12.2 Å². The number of aromatic nitrogens is 2. The molecular weight excluding hydrogens is 572 g/mol. The molecule has 2 aliphatic heterocycles. The second-order valence-corrected chi connectivity index (χ2v) is 10.6. The fourth-order valence-electron chi connectivity index (χ4n) is 5.49. The van der Waals surface area contributed by atoms with Crippen molar-refractivity contribution in [2.45, 2.75) is 50.4 Å². The number of carboxylic acid groups (broad SMARTS) is 1. The summed E-state index contributed by atoms with van der Waals surface area (Å²) in [6.07, 6.45) is -0.313. The summed E-state index contributed by atoms with van der Waals surface area (Å²) in [6, 6.07) is 4.96. The first-order valence-corrected chi connectivity index (χ1v) is 13.0. The zero-order valence-electron chi connectivity index (χ0n) is 21.3. The minimum atomic E-state index is -4.77. The Bertz CT molecular complexity index is 1340. The van der Waals surface area contributed by atoms with E-state index in [0.717, 1.165) is 5.57 Å². The van der Waals surface area contributed by atoms with Crippen LogP contribution in [0.2, 0.25) is 5.02 Å². The zero-order valence-corrected chi connectivity index (χ0v) is 22.9. The number of nitrogen functional groups attached to an aromatic ring is 1. The Kier molecular flexibility index (Phi) is 8.99. The maximum Gasteiger partial charge on any atom is 0.429 e. The third kappa shape index (κ3) is 6.54. The predicted octanol–water partition coefficient (Wildman–Crippen LogP) is 5.62. The topological polar surface area (TPSA) is 120 Å². The number of nitrogens with one attached hydrogen (secondary N) is 1. The molecule has 0 amide bonds. The Labute approximate surface area is 240 Å². The number of hydrogen-bond acceptors (Lipinski definition) is 7. The fraction of sp³-hybridized carbons (Fsp3) is 0.444. The molecule has 2 aromatic rings. The predicted molar refractivity (Wildman–Crippen MR) is 146 cm³/mol. The van der Waals surface area contributed by atoms with E-state index in [0.29, 0.717) is 67.1 Å². The molecule has 1 aromatic heterocycles. The highest BCUT2D eigenvalue weighted by molar-refractivity contribution is 6.30. The molecule has 3 heterocycles. The number of ether oxygens (including phenoxy) is 2. The van der Waals surface area contributed by atoms with Gasteiger partial charge in [-0.25, -0.2) is 4.98 Å². The van der Waals surface area contributed by atoms with Crippen LogP contribution in [0.25, 0.3) is 11.1 Å². The molecule has 13 heteroatoms. The maximum absolute atomic E-state index is 14.4. The molecule has 216 valence electrons. The molecule has 3 atom stereocenters. The molecule has 1 aliphatic carbocycles. The Morgan fingerprint density at radius 1 is 1.25 bits per heavy atom. The number of nitrogens with zero attached hydrogens (tertiary/aromatic N) is 2. The summed E-state index contributed by atoms with van der Waals surface area (Å²) in [5.41, 5.74) is 7.71. The van der Waals surface area contributed by atoms with E-state index in [-0.39, 0.29) is 41.8 Å². The number of allylic oxidation sites excluding steroid dienone is 2. The number of hydrogen-bond donors (Lipinski definition) is 3. The van der Waals surface area contributed by atoms with Crippen molar-refractivity contribution in [3.8, 4) is 5.88 Å². The van der Waals surface area contributed by atoms with Gasteiger partial charge in [-0.15, -0.1) is 12.4 Å². The van der Waals surface area contributed by atoms with Crippen molar-refractivity contribution in [1.29, 1.82) is 0 Å². The van der Waals surface area contributed by atoms with Crippen LogP contribution in [0.3, 0.4) is 0 Å². The van der Waals surface area contributed by atoms with Gasteiger partial charge in [0.2, 0.25) is 17.9 Å². The number of benzene rings is 1. The smallest absolute Gasteiger partial charge is 0.429 e. The van der Waals surface area contributed by atoms with Gasteiger partial charge in [0.15, 0.2) is 0 Å². The van der Waals surface area contributed by atoms with Crippen LogP contribution >= 0.6 is 24.0 Å². The number of nitrogens with two attached hydrogens (primary N) is 1. The highest BCUT2D eigenvalue weighted by atomic mass is 35.5. The molecule has 5 rings (SSSR count). The van der Waals surface area contributed by atoms with Crippen molar-refractivity contribution in [2.75, 3.05) is 25.5 Å². The molecule has 1 unspecified atom stereocenters. The Morgan fingerprint density at radius 3 is 2.67 bits per heavy atom. The standard InChI is InChI=1S/C27H28ClF3N4O4.ClH/c28-17-3-4-18(19(10-17)16-2-1-9-38-13-16)23(27(29,30)31)39-22-11-20(34-25(32)35-22)15-5-7-26(8-6-15)12-21(24(36)37)33-14-26;/h2-5,10-11,21,23,33H,1,6-9,12-14H2,(H,36,37)(H2,32,34,35);1H/t21-,23?,26+;/m1./s1. The highest BCUT2D eigenvalue weighted by Crippen LogP contribution is 2.45. The highest BCUT2D eigenvalue weighted by Gasteiger charge is 2.45. The third-order valence-corrected chi connectivity index (χ3v) is 7.74. The summed E-state index contributed by atoms with van der Waals surface area (Å²) in [5, 5.41) is 12.7. The minimum Gasteiger partial charge on any atom is -0.480 e. The number of anilines is 1. The molecule has 1 saturated heterocycles. The molecule has 0 saturated carbocycles. The number of rotatable bonds is 6. The van der Waals surface area contributed by atoms with Gasteiger partial charge in [0.25, 0.3) is 0 Å². The van der Waals surface area contributed by atoms with Gasteiger partial charge >= 0.3 is 12.1 Å². The van der Waals surface area contributed by atoms with Gasteiger partial charge < -0.3 is 25.6 Å². The SMILES string of the molecule is Cl.Nc1nc(OC(c2ccc(Cl)cc2C2=CCCOC2)C(F)(F)F)cc(C2=CC[C@@]3(CC2)CN[C@@H](C(=O)O)C3)n1. The van der Waals surface area contributed by atoms with Crippen LogP contribution in [-0.4, -0.2) is 53.0 Å². The molecule has 4 N–H and O–H groups in total. The molecule has 1 fully saturated rings. The number of halogens is 5. The van der Waals surface area contributed by atoms with Crippen molar-refractivity contribution in [3.05, 3.63) is 58.3 Å². The summed E-state index contributed by atoms with van der Waals surface area (Å²) in [4.78, 5) is 19.5. The molecule has 0 radical (unpaired) electrons. The van der Waals surface area contributed by atoms with E-state index in [4.69, 9.17) is 26.8 Å². The van der Waals surface area contributed by atoms with E-state index in [1.54, 1.807) is 0 Å². The Morgan fingerprint density at radius 2 is 2.05 bits per heavy atom. The second-order valence-electron chi connectivity index (χ2n) is 10.2. The van der Waals surface area contributed by atoms with Crippen LogP contribution in [0.5, 0.6) is 5.88 Å². The fourth-order valence-corrected chi connectivity index (χ4v) is 5.66. The monoisotopic (exact) mass is 600 g/mol. The molecule has 40 heavy (non-hydrogen) atoms. The summed E-state index contributed by atoms with van der Waals surface area (Å²) in [7, 11) is 0. The summed E-state index contributed by atoms with van der Waals surface area (Å²) in [6.45, 7) is 1.25. The second kappa shape index (κ2) is 11.9. The number of carbonyl (C=O) groups is 1. The quantitative estimate of drug-likeness (QED) is 0.391. The lowest BCUT2D eigenvalue weighted by atomic mass is 9.73. The van der Waals surface area contributed by atoms with Crippen LogP contribution in [0.1, 0.15) is 55.0 Å². The van der Waals surface area contributed by atoms with Crippen molar-refractivity contribution < 1.29 is 32.5 Å². The molecule has 1 aromatic carbocycles. The first-order valence-electron chi connectivity index (χ1n) is 12.6. The van der Waals surface area contributed by atoms with Crippen LogP contribution in [0.15, 0.2) is 36.4 Å². The lowest BCUT2D eigenvalue weighted by Crippen LogP contribution is -2.30. The first-order chi connectivity index (χ1) is 18.5. The van der Waals surface area contributed by atoms with Gasteiger partial charge in [-0.2, -0.15) is 18.2 Å². The molecule has 8 nitrogen and oxygen atoms in total. The molecule has 0 bridgehead atoms. The van der Waals surface area contributed by atoms with Gasteiger partial charge in [0.05, 0.1) is 18.9 Å². The summed E-state index contributed by atoms with van der Waals surface area (Å²) in [5.74, 6) is -1.38. The van der Waals surface area contributed by atoms with E-state index in [2.05, 4.69) is 15.3 Å². The largest absolute Gasteiger partial charge is 0.480 e. The molecular formula is C27H29Cl2F3N4O4. The van der Waals surface area contributed by atoms with Crippen LogP contribution in [0, 0.1) is 5.41 Å². The van der Waals surface area contributed by atoms with Crippen LogP contribution in [-0.2, 0) is 9.53 Å². The lowest BCUT2D eigenvalue weighted by Gasteiger charge is -2.32. The number of aliphatic carboxylic acids is 1. The molecule has 1 spiro atoms. The average Bonchev–Trinajstić information content (AvgIpc) is 3.31. The van der Waals surface area contributed by atoms with E-state index >= 15 is 0 Å². The van der Waals surface area contributed by atoms with Crippen molar-refractivity contribution >= 4 is 47.1 Å². The number of alkyl halides is 3. The van der Waals surface area contributed by atoms with Crippen molar-refractivity contribution in [2.24, 2.45) is 5.41 Å². The van der Waals surface area contributed by atoms with Gasteiger partial charge in [-0.05, 0) is 66.4 Å². The molecule has 3 aliphatic rings. The van der Waals surface area contributed by atoms with Crippen molar-refractivity contribution in [3.63, 3.8) is 0 Å². The van der Waals surface area contributed by atoms with Gasteiger partial charge in [0, 0.05) is 23.2 Å². The zero-order chi connectivity index (χ0) is 27.8. The van der Waals surface area contributed by atoms with Gasteiger partial charge in [0.1, 0.15) is 6.04 Å². The van der Waals surface area contributed by atoms with E-state index < -0.39 is 24.3 Å². The Balaban J connectivity index is 0.00000370. The summed E-state index contributed by atoms with van der Waals surface area (Å²) >= 11 is 6.14. The van der Waals surface area contributed by atoms with Crippen LogP contribution < -0.4 is 15.8 Å². The van der Waals surface area contributed by atoms with Crippen molar-refractivity contribution in [1.82, 2.24) is 15.3 Å². The maximum atomic E-state index is 14.4. The Hall–Kier alpha value is -2.86. The first kappa shape index (κ1) is 30.1. The minimum absolute atomic E-state index is 0. The normalized spacial score (nSPS) is 23.6. The van der Waals surface area contributed by atoms with Crippen LogP contribution in [0.4, 0.5) is 19.1 Å².